The van der Waals surface area contributed by atoms with Crippen molar-refractivity contribution in [3.63, 3.8) is 0 Å². The normalized spacial score (nSPS) is 24.7. The molecule has 9 N–H and O–H groups in total. The molecule has 0 bridgehead atoms. The molecule has 14 heteroatoms. The molecule has 12 atom stereocenters. The van der Waals surface area contributed by atoms with E-state index in [0.717, 1.165) is 109 Å². The molecule has 2 aliphatic rings. The second-order valence-electron chi connectivity index (χ2n) is 22.2. The van der Waals surface area contributed by atoms with Crippen LogP contribution < -0.4 is 5.32 Å². The molecule has 0 aromatic heterocycles. The van der Waals surface area contributed by atoms with Crippen LogP contribution in [0.1, 0.15) is 213 Å². The number of aliphatic hydroxyl groups excluding tert-OH is 8. The molecule has 2 saturated heterocycles. The van der Waals surface area contributed by atoms with Gasteiger partial charge in [-0.25, -0.2) is 0 Å². The monoisotopic (exact) mass is 1170 g/mol. The fourth-order valence-corrected chi connectivity index (χ4v) is 9.75. The van der Waals surface area contributed by atoms with E-state index in [0.29, 0.717) is 6.42 Å². The molecular weight excluding hydrogens is 1050 g/mol. The van der Waals surface area contributed by atoms with E-state index in [1.807, 2.05) is 6.08 Å². The largest absolute Gasteiger partial charge is 0.394 e. The van der Waals surface area contributed by atoms with Crippen LogP contribution in [0.4, 0.5) is 0 Å². The van der Waals surface area contributed by atoms with E-state index in [1.54, 1.807) is 6.08 Å². The van der Waals surface area contributed by atoms with E-state index < -0.39 is 86.8 Å². The summed E-state index contributed by atoms with van der Waals surface area (Å²) in [5.41, 5.74) is 0. The van der Waals surface area contributed by atoms with Gasteiger partial charge in [0.2, 0.25) is 5.91 Å². The molecule has 0 aliphatic carbocycles. The van der Waals surface area contributed by atoms with Crippen LogP contribution in [0.3, 0.4) is 0 Å². The summed E-state index contributed by atoms with van der Waals surface area (Å²) in [6.07, 6.45) is 59.8. The highest BCUT2D eigenvalue weighted by Gasteiger charge is 2.51. The van der Waals surface area contributed by atoms with Gasteiger partial charge in [0.05, 0.1) is 32.0 Å². The van der Waals surface area contributed by atoms with Crippen LogP contribution in [0.5, 0.6) is 0 Å². The van der Waals surface area contributed by atoms with Crippen molar-refractivity contribution in [3.05, 3.63) is 122 Å². The van der Waals surface area contributed by atoms with Crippen molar-refractivity contribution < 1.29 is 64.6 Å². The van der Waals surface area contributed by atoms with Crippen molar-refractivity contribution >= 4 is 5.91 Å². The van der Waals surface area contributed by atoms with Crippen molar-refractivity contribution in [2.24, 2.45) is 0 Å². The summed E-state index contributed by atoms with van der Waals surface area (Å²) in [5, 5.41) is 86.9. The molecule has 0 spiro atoms. The van der Waals surface area contributed by atoms with Crippen molar-refractivity contribution in [1.82, 2.24) is 5.32 Å². The Morgan fingerprint density at radius 2 is 0.831 bits per heavy atom. The fraction of sp³-hybridized carbons (Fsp3) is 0.696. The van der Waals surface area contributed by atoms with Crippen molar-refractivity contribution in [2.45, 2.75) is 286 Å². The Morgan fingerprint density at radius 3 is 1.28 bits per heavy atom. The molecular formula is C69H115NO13. The number of rotatable bonds is 50. The minimum Gasteiger partial charge on any atom is -0.394 e. The molecule has 83 heavy (non-hydrogen) atoms. The molecule has 2 fully saturated rings. The topological polar surface area (TPSA) is 228 Å². The maximum absolute atomic E-state index is 13.2. The van der Waals surface area contributed by atoms with Crippen LogP contribution in [0, 0.1) is 0 Å². The summed E-state index contributed by atoms with van der Waals surface area (Å²) < 4.78 is 22.7. The second-order valence-corrected chi connectivity index (χ2v) is 22.2. The predicted octanol–water partition coefficient (Wildman–Crippen LogP) is 12.2. The van der Waals surface area contributed by atoms with E-state index in [2.05, 4.69) is 129 Å². The summed E-state index contributed by atoms with van der Waals surface area (Å²) in [6, 6.07) is -0.922. The standard InChI is InChI=1S/C69H115NO13/c1-3-5-7-9-11-13-15-16-17-18-19-20-21-22-23-24-25-26-27-28-29-30-31-32-33-34-35-36-37-38-39-40-41-42-43-45-47-49-51-53-61(74)70-57(58(73)52-50-48-46-44-14-12-10-8-6-4-2)56-80-68-66(79)64(77)67(60(55-72)82-68)83-69-65(78)63(76)62(75)59(54-71)81-69/h5,7,11,13,16-17,19-20,22-23,25-26,28-29,31-32,34-35,50,52,57-60,62-69,71-73,75-79H,3-4,6,8-10,12,14-15,18,21,24,27,30,33,36-49,51,53-56H2,1-2H3,(H,70,74)/b7-5-,13-11-,17-16-,20-19-,23-22-,26-25-,29-28-,32-31-,35-34-,52-50+. The van der Waals surface area contributed by atoms with Gasteiger partial charge in [-0.2, -0.15) is 0 Å². The lowest BCUT2D eigenvalue weighted by Crippen LogP contribution is -2.65. The number of amides is 1. The number of hydrogen-bond acceptors (Lipinski definition) is 13. The molecule has 0 aromatic rings. The Hall–Kier alpha value is -3.61. The Balaban J connectivity index is 1.59. The SMILES string of the molecule is CC/C=C\C/C=C\C/C=C\C/C=C\C/C=C\C/C=C\C/C=C\C/C=C\C/C=C\CCCCCCCCCCCCCC(=O)NC(COC1OC(CO)C(OC2OC(CO)C(O)C(O)C2O)C(O)C1O)C(O)/C=C/CCCCCCCCCC. The quantitative estimate of drug-likeness (QED) is 0.0204. The summed E-state index contributed by atoms with van der Waals surface area (Å²) in [4.78, 5) is 13.2. The van der Waals surface area contributed by atoms with Gasteiger partial charge in [-0.1, -0.05) is 238 Å². The maximum atomic E-state index is 13.2. The average Bonchev–Trinajstić information content (AvgIpc) is 3.47. The minimum atomic E-state index is -1.79. The number of allylic oxidation sites excluding steroid dienone is 19. The van der Waals surface area contributed by atoms with Crippen LogP contribution in [0.25, 0.3) is 0 Å². The van der Waals surface area contributed by atoms with Gasteiger partial charge in [0.1, 0.15) is 48.8 Å². The second kappa shape index (κ2) is 52.7. The van der Waals surface area contributed by atoms with Crippen LogP contribution in [-0.2, 0) is 23.7 Å². The Morgan fingerprint density at radius 1 is 0.446 bits per heavy atom. The lowest BCUT2D eigenvalue weighted by molar-refractivity contribution is -0.359. The third kappa shape index (κ3) is 37.5. The summed E-state index contributed by atoms with van der Waals surface area (Å²) in [7, 11) is 0. The summed E-state index contributed by atoms with van der Waals surface area (Å²) in [6.45, 7) is 2.63. The van der Waals surface area contributed by atoms with E-state index in [9.17, 15) is 45.6 Å². The van der Waals surface area contributed by atoms with Crippen molar-refractivity contribution in [2.75, 3.05) is 19.8 Å². The number of unbranched alkanes of at least 4 members (excludes halogenated alkanes) is 19. The van der Waals surface area contributed by atoms with Crippen molar-refractivity contribution in [3.8, 4) is 0 Å². The molecule has 14 nitrogen and oxygen atoms in total. The highest BCUT2D eigenvalue weighted by atomic mass is 16.7. The number of carbonyl (C=O) groups is 1. The minimum absolute atomic E-state index is 0.250. The van der Waals surface area contributed by atoms with Gasteiger partial charge in [-0.05, 0) is 89.9 Å². The third-order valence-corrected chi connectivity index (χ3v) is 14.9. The molecule has 2 aliphatic heterocycles. The van der Waals surface area contributed by atoms with Gasteiger partial charge >= 0.3 is 0 Å². The summed E-state index contributed by atoms with van der Waals surface area (Å²) in [5.74, 6) is -0.250. The highest BCUT2D eigenvalue weighted by Crippen LogP contribution is 2.30. The van der Waals surface area contributed by atoms with Gasteiger partial charge in [0.15, 0.2) is 12.6 Å². The van der Waals surface area contributed by atoms with Crippen LogP contribution in [0.15, 0.2) is 122 Å². The first kappa shape index (κ1) is 75.5. The molecule has 474 valence electrons. The fourth-order valence-electron chi connectivity index (χ4n) is 9.75. The number of aliphatic hydroxyl groups is 8. The first-order valence-corrected chi connectivity index (χ1v) is 32.3. The molecule has 2 heterocycles. The van der Waals surface area contributed by atoms with E-state index >= 15 is 0 Å². The molecule has 0 saturated carbocycles. The lowest BCUT2D eigenvalue weighted by atomic mass is 9.97. The third-order valence-electron chi connectivity index (χ3n) is 14.9. The molecule has 0 radical (unpaired) electrons. The van der Waals surface area contributed by atoms with Crippen LogP contribution in [0.2, 0.25) is 0 Å². The molecule has 2 rings (SSSR count). The first-order chi connectivity index (χ1) is 40.6. The molecule has 0 aromatic carbocycles. The van der Waals surface area contributed by atoms with Crippen LogP contribution >= 0.6 is 0 Å². The Kier molecular flexibility index (Phi) is 47.9. The lowest BCUT2D eigenvalue weighted by Gasteiger charge is -2.46. The van der Waals surface area contributed by atoms with Gasteiger partial charge in [0.25, 0.3) is 0 Å². The zero-order chi connectivity index (χ0) is 60.2. The Labute approximate surface area is 501 Å². The van der Waals surface area contributed by atoms with E-state index in [4.69, 9.17) is 18.9 Å². The van der Waals surface area contributed by atoms with Crippen LogP contribution in [-0.4, -0.2) is 140 Å². The first-order valence-electron chi connectivity index (χ1n) is 32.3. The summed E-state index contributed by atoms with van der Waals surface area (Å²) >= 11 is 0. The highest BCUT2D eigenvalue weighted by molar-refractivity contribution is 5.76. The van der Waals surface area contributed by atoms with Gasteiger partial charge in [0, 0.05) is 6.42 Å². The van der Waals surface area contributed by atoms with Crippen molar-refractivity contribution in [1.29, 1.82) is 0 Å². The van der Waals surface area contributed by atoms with Gasteiger partial charge < -0.3 is 65.1 Å². The smallest absolute Gasteiger partial charge is 0.220 e. The van der Waals surface area contributed by atoms with E-state index in [-0.39, 0.29) is 18.9 Å². The number of hydrogen-bond donors (Lipinski definition) is 9. The zero-order valence-electron chi connectivity index (χ0n) is 51.1. The van der Waals surface area contributed by atoms with Gasteiger partial charge in [-0.15, -0.1) is 0 Å². The maximum Gasteiger partial charge on any atom is 0.220 e. The van der Waals surface area contributed by atoms with E-state index in [1.165, 1.54) is 77.0 Å². The number of nitrogens with one attached hydrogen (secondary N) is 1. The average molecular weight is 1170 g/mol. The molecule has 1 amide bonds. The number of ether oxygens (including phenoxy) is 4. The Bertz CT molecular complexity index is 1850. The zero-order valence-corrected chi connectivity index (χ0v) is 51.1. The van der Waals surface area contributed by atoms with Gasteiger partial charge in [-0.3, -0.25) is 4.79 Å². The predicted molar refractivity (Wildman–Crippen MR) is 336 cm³/mol. The number of carbonyl (C=O) groups excluding carboxylic acids is 1. The molecule has 12 unspecified atom stereocenters.